The number of hydrogen-bond acceptors (Lipinski definition) is 4. The van der Waals surface area contributed by atoms with Gasteiger partial charge in [0.25, 0.3) is 0 Å². The number of methoxy groups -OCH3 is 1. The molecule has 0 unspecified atom stereocenters. The van der Waals surface area contributed by atoms with Crippen LogP contribution in [0.25, 0.3) is 5.70 Å². The number of aromatic hydroxyl groups is 1. The molecule has 1 aromatic heterocycles. The number of phenolic OH excluding ortho intramolecular Hbond substituents is 1. The SMILES string of the molecule is COc1ccccc1C(=O)C1=C(n2c(C(=O)c3cc(F)ccc3O)cc(Cl)c2Cl)C(Cl)=C(Cl)C1. The molecule has 34 heavy (non-hydrogen) atoms. The number of ether oxygens (including phenoxy) is 1. The smallest absolute Gasteiger partial charge is 0.213 e. The fourth-order valence-electron chi connectivity index (χ4n) is 3.66. The lowest BCUT2D eigenvalue weighted by atomic mass is 10.0. The lowest BCUT2D eigenvalue weighted by Crippen LogP contribution is -2.14. The number of phenols is 1. The third-order valence-corrected chi connectivity index (χ3v) is 6.83. The van der Waals surface area contributed by atoms with Gasteiger partial charge >= 0.3 is 0 Å². The van der Waals surface area contributed by atoms with Crippen LogP contribution in [0.3, 0.4) is 0 Å². The number of aromatic nitrogens is 1. The van der Waals surface area contributed by atoms with Crippen molar-refractivity contribution in [3.63, 3.8) is 0 Å². The Labute approximate surface area is 213 Å². The van der Waals surface area contributed by atoms with Crippen LogP contribution in [0.15, 0.2) is 64.2 Å². The highest BCUT2D eigenvalue weighted by atomic mass is 35.5. The van der Waals surface area contributed by atoms with E-state index in [0.717, 1.165) is 18.2 Å². The highest BCUT2D eigenvalue weighted by molar-refractivity contribution is 6.47. The molecule has 0 spiro atoms. The number of carbonyl (C=O) groups is 2. The Morgan fingerprint density at radius 1 is 1.00 bits per heavy atom. The molecule has 1 heterocycles. The Morgan fingerprint density at radius 2 is 1.71 bits per heavy atom. The maximum absolute atomic E-state index is 13.8. The zero-order chi connectivity index (χ0) is 24.7. The van der Waals surface area contributed by atoms with Gasteiger partial charge in [-0.2, -0.15) is 0 Å². The van der Waals surface area contributed by atoms with Crippen LogP contribution in [0.4, 0.5) is 4.39 Å². The third-order valence-electron chi connectivity index (χ3n) is 5.25. The van der Waals surface area contributed by atoms with E-state index < -0.39 is 23.1 Å². The fourth-order valence-corrected chi connectivity index (χ4v) is 4.57. The standard InChI is InChI=1S/C24H14Cl4FNO4/c1-34-19-5-3-2-4-12(19)22(32)14-9-15(25)20(27)21(14)30-17(10-16(26)24(30)28)23(33)13-8-11(29)6-7-18(13)31/h2-8,10,31H,9H2,1H3. The number of ketones is 2. The number of para-hydroxylation sites is 1. The zero-order valence-corrected chi connectivity index (χ0v) is 20.4. The molecule has 1 N–H and O–H groups in total. The number of hydrogen-bond donors (Lipinski definition) is 1. The number of Topliss-reactive ketones (excluding diaryl/α,β-unsaturated/α-hetero) is 1. The molecule has 2 aromatic carbocycles. The van der Waals surface area contributed by atoms with Gasteiger partial charge < -0.3 is 9.84 Å². The van der Waals surface area contributed by atoms with Gasteiger partial charge in [-0.15, -0.1) is 0 Å². The summed E-state index contributed by atoms with van der Waals surface area (Å²) in [6.07, 6.45) is -0.0302. The van der Waals surface area contributed by atoms with E-state index in [0.29, 0.717) is 5.75 Å². The first-order valence-corrected chi connectivity index (χ1v) is 11.2. The lowest BCUT2D eigenvalue weighted by Gasteiger charge is -2.15. The summed E-state index contributed by atoms with van der Waals surface area (Å²) < 4.78 is 20.3. The summed E-state index contributed by atoms with van der Waals surface area (Å²) in [5, 5.41) is 10.1. The van der Waals surface area contributed by atoms with Crippen molar-refractivity contribution in [1.82, 2.24) is 4.57 Å². The van der Waals surface area contributed by atoms with E-state index in [9.17, 15) is 19.1 Å². The number of rotatable bonds is 6. The monoisotopic (exact) mass is 539 g/mol. The predicted molar refractivity (Wildman–Crippen MR) is 130 cm³/mol. The second kappa shape index (κ2) is 9.47. The fraction of sp³-hybridized carbons (Fsp3) is 0.0833. The highest BCUT2D eigenvalue weighted by Gasteiger charge is 2.34. The number of nitrogens with zero attached hydrogens (tertiary/aromatic N) is 1. The average Bonchev–Trinajstić information content (AvgIpc) is 3.29. The largest absolute Gasteiger partial charge is 0.507 e. The van der Waals surface area contributed by atoms with Gasteiger partial charge in [0.1, 0.15) is 22.5 Å². The molecular weight excluding hydrogens is 527 g/mol. The summed E-state index contributed by atoms with van der Waals surface area (Å²) >= 11 is 25.5. The van der Waals surface area contributed by atoms with Crippen LogP contribution >= 0.6 is 46.4 Å². The van der Waals surface area contributed by atoms with Gasteiger partial charge in [0.15, 0.2) is 5.78 Å². The first-order chi connectivity index (χ1) is 16.1. The minimum absolute atomic E-state index is 0.00778. The first-order valence-electron chi connectivity index (χ1n) is 9.71. The van der Waals surface area contributed by atoms with E-state index in [-0.39, 0.29) is 54.8 Å². The maximum atomic E-state index is 13.8. The van der Waals surface area contributed by atoms with Crippen LogP contribution in [-0.2, 0) is 0 Å². The highest BCUT2D eigenvalue weighted by Crippen LogP contribution is 2.45. The number of halogens is 5. The predicted octanol–water partition coefficient (Wildman–Crippen LogP) is 7.07. The van der Waals surface area contributed by atoms with Crippen molar-refractivity contribution in [3.8, 4) is 11.5 Å². The molecule has 0 bridgehead atoms. The molecule has 3 aromatic rings. The normalized spacial score (nSPS) is 13.6. The summed E-state index contributed by atoms with van der Waals surface area (Å²) in [4.78, 5) is 26.8. The molecule has 0 radical (unpaired) electrons. The number of carbonyl (C=O) groups excluding carboxylic acids is 2. The van der Waals surface area contributed by atoms with Crippen molar-refractivity contribution >= 4 is 63.7 Å². The molecule has 0 atom stereocenters. The van der Waals surface area contributed by atoms with E-state index in [2.05, 4.69) is 0 Å². The Bertz CT molecular complexity index is 1420. The quantitative estimate of drug-likeness (QED) is 0.339. The van der Waals surface area contributed by atoms with Gasteiger partial charge in [-0.3, -0.25) is 14.2 Å². The molecule has 174 valence electrons. The second-order valence-electron chi connectivity index (χ2n) is 7.25. The summed E-state index contributed by atoms with van der Waals surface area (Å²) in [5.74, 6) is -2.10. The number of benzene rings is 2. The Kier molecular flexibility index (Phi) is 6.78. The summed E-state index contributed by atoms with van der Waals surface area (Å²) in [6, 6.07) is 10.8. The minimum Gasteiger partial charge on any atom is -0.507 e. The van der Waals surface area contributed by atoms with E-state index in [1.807, 2.05) is 0 Å². The van der Waals surface area contributed by atoms with Gasteiger partial charge in [0, 0.05) is 17.0 Å². The maximum Gasteiger partial charge on any atom is 0.213 e. The molecule has 4 rings (SSSR count). The Hall–Kier alpha value is -2.77. The topological polar surface area (TPSA) is 68.5 Å². The van der Waals surface area contributed by atoms with Crippen LogP contribution in [0.5, 0.6) is 11.5 Å². The van der Waals surface area contributed by atoms with E-state index in [4.69, 9.17) is 51.1 Å². The zero-order valence-electron chi connectivity index (χ0n) is 17.3. The van der Waals surface area contributed by atoms with Crippen LogP contribution in [0, 0.1) is 5.82 Å². The van der Waals surface area contributed by atoms with Gasteiger partial charge in [-0.05, 0) is 36.4 Å². The molecule has 0 fully saturated rings. The van der Waals surface area contributed by atoms with Gasteiger partial charge in [0.05, 0.1) is 39.7 Å². The van der Waals surface area contributed by atoms with Gasteiger partial charge in [-0.25, -0.2) is 4.39 Å². The molecule has 5 nitrogen and oxygen atoms in total. The third kappa shape index (κ3) is 4.12. The molecule has 0 amide bonds. The van der Waals surface area contributed by atoms with Gasteiger partial charge in [-0.1, -0.05) is 58.5 Å². The van der Waals surface area contributed by atoms with Crippen molar-refractivity contribution in [2.75, 3.05) is 7.11 Å². The van der Waals surface area contributed by atoms with E-state index in [1.54, 1.807) is 24.3 Å². The van der Waals surface area contributed by atoms with Crippen LogP contribution in [0.1, 0.15) is 32.8 Å². The van der Waals surface area contributed by atoms with Crippen LogP contribution in [-0.4, -0.2) is 28.3 Å². The van der Waals surface area contributed by atoms with Crippen molar-refractivity contribution in [1.29, 1.82) is 0 Å². The van der Waals surface area contributed by atoms with E-state index >= 15 is 0 Å². The molecule has 1 aliphatic carbocycles. The summed E-state index contributed by atoms with van der Waals surface area (Å²) in [7, 11) is 1.43. The van der Waals surface area contributed by atoms with E-state index in [1.165, 1.54) is 17.7 Å². The van der Waals surface area contributed by atoms with Crippen molar-refractivity contribution in [2.24, 2.45) is 0 Å². The number of allylic oxidation sites excluding steroid dienone is 4. The lowest BCUT2D eigenvalue weighted by molar-refractivity contribution is 0.101. The summed E-state index contributed by atoms with van der Waals surface area (Å²) in [5.41, 5.74) is -0.0292. The molecule has 0 saturated carbocycles. The second-order valence-corrected chi connectivity index (χ2v) is 8.85. The van der Waals surface area contributed by atoms with Crippen LogP contribution in [0.2, 0.25) is 10.2 Å². The Morgan fingerprint density at radius 3 is 2.41 bits per heavy atom. The minimum atomic E-state index is -0.796. The summed E-state index contributed by atoms with van der Waals surface area (Å²) in [6.45, 7) is 0. The molecule has 1 aliphatic rings. The van der Waals surface area contributed by atoms with Crippen molar-refractivity contribution in [3.05, 3.63) is 97.0 Å². The molecule has 0 saturated heterocycles. The first kappa shape index (κ1) is 24.4. The molecule has 10 heteroatoms. The van der Waals surface area contributed by atoms with Gasteiger partial charge in [0.2, 0.25) is 5.78 Å². The molecule has 0 aliphatic heterocycles. The Balaban J connectivity index is 1.95. The van der Waals surface area contributed by atoms with Crippen LogP contribution < -0.4 is 4.74 Å². The van der Waals surface area contributed by atoms with Crippen molar-refractivity contribution < 1.29 is 23.8 Å². The molecular formula is C24H14Cl4FNO4. The average molecular weight is 541 g/mol. The van der Waals surface area contributed by atoms with Crippen molar-refractivity contribution in [2.45, 2.75) is 6.42 Å².